The van der Waals surface area contributed by atoms with E-state index in [-0.39, 0.29) is 0 Å². The van der Waals surface area contributed by atoms with E-state index in [1.54, 1.807) is 0 Å². The third-order valence-electron chi connectivity index (χ3n) is 4.67. The Bertz CT molecular complexity index is 523. The molecule has 4 aliphatic rings. The number of nitrogens with one attached hydrogen (secondary N) is 3. The molecule has 0 unspecified atom stereocenters. The molecule has 1 aromatic heterocycles. The molecule has 5 rings (SSSR count). The quantitative estimate of drug-likeness (QED) is 0.656. The van der Waals surface area contributed by atoms with Crippen LogP contribution in [0.25, 0.3) is 0 Å². The van der Waals surface area contributed by atoms with E-state index in [1.807, 2.05) is 0 Å². The number of anilines is 4. The molecule has 3 N–H and O–H groups in total. The number of H-pyrrole nitrogens is 1. The number of nitrogens with zero attached hydrogens (tertiary/aromatic N) is 4. The van der Waals surface area contributed by atoms with Gasteiger partial charge in [-0.1, -0.05) is 0 Å². The van der Waals surface area contributed by atoms with Crippen molar-refractivity contribution in [2.45, 2.75) is 6.42 Å². The molecule has 0 bridgehead atoms. The fraction of sp³-hybridized carbons (Fsp3) is 0.692. The Kier molecular flexibility index (Phi) is 2.20. The molecule has 5 heterocycles. The summed E-state index contributed by atoms with van der Waals surface area (Å²) in [6, 6.07) is 0. The predicted molar refractivity (Wildman–Crippen MR) is 80.5 cm³/mol. The SMILES string of the molecule is C1CN(c2c(N3CC3)[nH]c(N3CNC3)c2N2CCN2)C1. The fourth-order valence-corrected chi connectivity index (χ4v) is 3.08. The average Bonchev–Trinajstić information content (AvgIpc) is 3.01. The minimum Gasteiger partial charge on any atom is -0.367 e. The Balaban J connectivity index is 1.62. The lowest BCUT2D eigenvalue weighted by molar-refractivity contribution is 0.498. The third kappa shape index (κ3) is 1.47. The molecule has 0 radical (unpaired) electrons. The molecule has 0 saturated carbocycles. The summed E-state index contributed by atoms with van der Waals surface area (Å²) in [5, 5.41) is 5.64. The van der Waals surface area contributed by atoms with Gasteiger partial charge in [0.2, 0.25) is 0 Å². The number of hydrogen-bond acceptors (Lipinski definition) is 6. The molecule has 0 atom stereocenters. The van der Waals surface area contributed by atoms with Crippen molar-refractivity contribution >= 4 is 23.0 Å². The number of aromatic amines is 1. The van der Waals surface area contributed by atoms with Crippen molar-refractivity contribution in [2.24, 2.45) is 0 Å². The highest BCUT2D eigenvalue weighted by Gasteiger charge is 2.37. The van der Waals surface area contributed by atoms with Crippen LogP contribution in [0.5, 0.6) is 0 Å². The van der Waals surface area contributed by atoms with Crippen molar-refractivity contribution < 1.29 is 0 Å². The van der Waals surface area contributed by atoms with Gasteiger partial charge in [0.05, 0.1) is 13.3 Å². The summed E-state index contributed by atoms with van der Waals surface area (Å²) < 4.78 is 0. The van der Waals surface area contributed by atoms with E-state index < -0.39 is 0 Å². The Hall–Kier alpha value is -1.60. The van der Waals surface area contributed by atoms with Gasteiger partial charge in [-0.3, -0.25) is 5.32 Å². The van der Waals surface area contributed by atoms with Crippen LogP contribution in [0.1, 0.15) is 6.42 Å². The van der Waals surface area contributed by atoms with Crippen molar-refractivity contribution in [3.63, 3.8) is 0 Å². The van der Waals surface area contributed by atoms with E-state index in [1.165, 1.54) is 55.6 Å². The van der Waals surface area contributed by atoms with Crippen LogP contribution >= 0.6 is 0 Å². The smallest absolute Gasteiger partial charge is 0.137 e. The van der Waals surface area contributed by atoms with Gasteiger partial charge in [0.25, 0.3) is 0 Å². The summed E-state index contributed by atoms with van der Waals surface area (Å²) in [5.41, 5.74) is 6.22. The second kappa shape index (κ2) is 3.95. The second-order valence-electron chi connectivity index (χ2n) is 6.01. The Morgan fingerprint density at radius 2 is 1.50 bits per heavy atom. The van der Waals surface area contributed by atoms with Crippen molar-refractivity contribution in [3.8, 4) is 0 Å². The molecule has 7 nitrogen and oxygen atoms in total. The zero-order chi connectivity index (χ0) is 13.1. The van der Waals surface area contributed by atoms with Gasteiger partial charge in [-0.25, -0.2) is 5.43 Å². The molecule has 4 fully saturated rings. The summed E-state index contributed by atoms with van der Waals surface area (Å²) in [7, 11) is 0. The standard InChI is InChI=1S/C13H21N7/c1-3-17(4-1)10-11(20-5-2-15-20)13(19-8-14-9-19)16-12(10)18-6-7-18/h14-16H,1-9H2. The first-order chi connectivity index (χ1) is 9.92. The topological polar surface area (TPSA) is 52.6 Å². The molecule has 108 valence electrons. The Morgan fingerprint density at radius 3 is 1.95 bits per heavy atom. The van der Waals surface area contributed by atoms with Crippen molar-refractivity contribution in [1.82, 2.24) is 15.7 Å². The normalized spacial score (nSPS) is 24.4. The first-order valence-electron chi connectivity index (χ1n) is 7.64. The van der Waals surface area contributed by atoms with Gasteiger partial charge in [-0.15, -0.1) is 0 Å². The number of hydrazine groups is 1. The largest absolute Gasteiger partial charge is 0.367 e. The lowest BCUT2D eigenvalue weighted by Gasteiger charge is -2.42. The molecule has 1 aromatic rings. The summed E-state index contributed by atoms with van der Waals surface area (Å²) in [4.78, 5) is 11.0. The summed E-state index contributed by atoms with van der Waals surface area (Å²) in [6.07, 6.45) is 1.32. The molecule has 0 spiro atoms. The van der Waals surface area contributed by atoms with Crippen molar-refractivity contribution in [3.05, 3.63) is 0 Å². The van der Waals surface area contributed by atoms with Crippen LogP contribution in [-0.2, 0) is 0 Å². The zero-order valence-electron chi connectivity index (χ0n) is 11.7. The van der Waals surface area contributed by atoms with Crippen molar-refractivity contribution in [1.29, 1.82) is 0 Å². The van der Waals surface area contributed by atoms with E-state index in [0.29, 0.717) is 0 Å². The van der Waals surface area contributed by atoms with E-state index in [9.17, 15) is 0 Å². The maximum atomic E-state index is 3.70. The van der Waals surface area contributed by atoms with Crippen LogP contribution in [-0.4, -0.2) is 57.6 Å². The highest BCUT2D eigenvalue weighted by molar-refractivity contribution is 5.94. The van der Waals surface area contributed by atoms with Gasteiger partial charge >= 0.3 is 0 Å². The van der Waals surface area contributed by atoms with E-state index in [2.05, 4.69) is 35.4 Å². The second-order valence-corrected chi connectivity index (χ2v) is 6.01. The molecular weight excluding hydrogens is 254 g/mol. The minimum atomic E-state index is 0.945. The van der Waals surface area contributed by atoms with Crippen LogP contribution in [0.2, 0.25) is 0 Å². The lowest BCUT2D eigenvalue weighted by atomic mass is 10.2. The molecule has 0 aromatic carbocycles. The van der Waals surface area contributed by atoms with E-state index in [4.69, 9.17) is 0 Å². The van der Waals surface area contributed by atoms with Gasteiger partial charge in [0, 0.05) is 39.3 Å². The zero-order valence-corrected chi connectivity index (χ0v) is 11.7. The number of rotatable bonds is 4. The molecule has 4 saturated heterocycles. The van der Waals surface area contributed by atoms with Crippen LogP contribution in [0, 0.1) is 0 Å². The molecular formula is C13H21N7. The Morgan fingerprint density at radius 1 is 0.750 bits per heavy atom. The molecule has 0 aliphatic carbocycles. The van der Waals surface area contributed by atoms with Gasteiger partial charge < -0.3 is 24.7 Å². The average molecular weight is 275 g/mol. The van der Waals surface area contributed by atoms with Crippen molar-refractivity contribution in [2.75, 3.05) is 72.3 Å². The monoisotopic (exact) mass is 275 g/mol. The third-order valence-corrected chi connectivity index (χ3v) is 4.67. The van der Waals surface area contributed by atoms with Gasteiger partial charge in [-0.2, -0.15) is 0 Å². The first kappa shape index (κ1) is 11.1. The maximum Gasteiger partial charge on any atom is 0.137 e. The maximum absolute atomic E-state index is 3.70. The van der Waals surface area contributed by atoms with E-state index in [0.717, 1.165) is 26.4 Å². The lowest BCUT2D eigenvalue weighted by Crippen LogP contribution is -2.57. The highest BCUT2D eigenvalue weighted by atomic mass is 15.6. The van der Waals surface area contributed by atoms with E-state index >= 15 is 0 Å². The summed E-state index contributed by atoms with van der Waals surface area (Å²) in [6.45, 7) is 8.83. The predicted octanol–water partition coefficient (Wildman–Crippen LogP) is -0.306. The van der Waals surface area contributed by atoms with Crippen LogP contribution < -0.4 is 30.5 Å². The van der Waals surface area contributed by atoms with Gasteiger partial charge in [0.1, 0.15) is 23.0 Å². The van der Waals surface area contributed by atoms with Gasteiger partial charge in [-0.05, 0) is 6.42 Å². The summed E-state index contributed by atoms with van der Waals surface area (Å²) >= 11 is 0. The molecule has 0 amide bonds. The first-order valence-corrected chi connectivity index (χ1v) is 7.64. The number of hydrogen-bond donors (Lipinski definition) is 3. The van der Waals surface area contributed by atoms with Crippen LogP contribution in [0.4, 0.5) is 23.0 Å². The molecule has 4 aliphatic heterocycles. The fourth-order valence-electron chi connectivity index (χ4n) is 3.08. The molecule has 7 heteroatoms. The minimum absolute atomic E-state index is 0.945. The van der Waals surface area contributed by atoms with Gasteiger partial charge in [0.15, 0.2) is 0 Å². The summed E-state index contributed by atoms with van der Waals surface area (Å²) in [5.74, 6) is 2.61. The Labute approximate surface area is 118 Å². The van der Waals surface area contributed by atoms with Crippen LogP contribution in [0.3, 0.4) is 0 Å². The van der Waals surface area contributed by atoms with Crippen LogP contribution in [0.15, 0.2) is 0 Å². The molecule has 20 heavy (non-hydrogen) atoms. The number of aromatic nitrogens is 1. The highest BCUT2D eigenvalue weighted by Crippen LogP contribution is 2.49.